The van der Waals surface area contributed by atoms with Crippen LogP contribution in [0.4, 0.5) is 35.1 Å². The maximum absolute atomic E-state index is 14.0. The van der Waals surface area contributed by atoms with Gasteiger partial charge < -0.3 is 53.6 Å². The second kappa shape index (κ2) is 26.4. The number of alkyl halides is 8. The van der Waals surface area contributed by atoms with E-state index >= 15 is 0 Å². The van der Waals surface area contributed by atoms with Crippen molar-refractivity contribution in [1.29, 1.82) is 0 Å². The summed E-state index contributed by atoms with van der Waals surface area (Å²) >= 11 is 0. The lowest BCUT2D eigenvalue weighted by Gasteiger charge is -2.70. The van der Waals surface area contributed by atoms with E-state index < -0.39 is 97.5 Å². The first-order chi connectivity index (χ1) is 39.6. The summed E-state index contributed by atoms with van der Waals surface area (Å²) in [7, 11) is 0. The number of ether oxygens (including phenoxy) is 7. The van der Waals surface area contributed by atoms with Crippen molar-refractivity contribution in [3.8, 4) is 0 Å². The van der Waals surface area contributed by atoms with Gasteiger partial charge in [-0.2, -0.15) is 35.1 Å². The van der Waals surface area contributed by atoms with Gasteiger partial charge in [-0.25, -0.2) is 0 Å². The fraction of sp³-hybridized carbons (Fsp3) is 0.923. The normalized spacial score (nSPS) is 30.7. The van der Waals surface area contributed by atoms with Crippen LogP contribution in [0.5, 0.6) is 0 Å². The third-order valence-electron chi connectivity index (χ3n) is 21.3. The Kier molecular flexibility index (Phi) is 23.7. The first-order valence-corrected chi connectivity index (χ1v) is 31.4. The van der Waals surface area contributed by atoms with Crippen LogP contribution >= 0.6 is 0 Å². The molecule has 0 aromatic heterocycles. The standard InChI is InChI=1S/C22H38O4.C21H37F3O4.C12H17F5O4.C10H16O4/c1-8-17(2,3)16(23)26-22-11-15-9-20(13-22,18(4,5)24)12-21(10-15,14-22)19(6,7)25;1-9-17(2,3)16(25)27-15-12-10-14(11-13-15)18(4,5)28-19(6,7)20(8,26)21(22,23)24;1-5-8(2,3)7(18)21-9(4)6-20-11(19,10(9,13)14)12(15,16)17;1-4-10(2,3)9(12)14-7-5-8(11)13-6-7/h15,24-25H,8-14H2,1-7H3;14-15,26H,9-13H2,1-8H3;19H,5-6H2,1-4H3;7H,4-6H2,1-3H3. The molecular formula is C65H108F8O16. The minimum atomic E-state index is -5.74. The molecular weight excluding hydrogens is 1190 g/mol. The molecule has 0 aromatic carbocycles. The molecule has 0 radical (unpaired) electrons. The molecule has 24 heteroatoms. The Labute approximate surface area is 522 Å². The van der Waals surface area contributed by atoms with Gasteiger partial charge >= 0.3 is 53.9 Å². The van der Waals surface area contributed by atoms with Crippen molar-refractivity contribution in [2.45, 2.75) is 324 Å². The highest BCUT2D eigenvalue weighted by atomic mass is 19.4. The Morgan fingerprint density at radius 2 is 0.966 bits per heavy atom. The zero-order valence-electron chi connectivity index (χ0n) is 57.0. The molecule has 0 amide bonds. The van der Waals surface area contributed by atoms with Crippen LogP contribution in [0.15, 0.2) is 0 Å². The average Bonchev–Trinajstić information content (AvgIpc) is 0.855. The predicted octanol–water partition coefficient (Wildman–Crippen LogP) is 13.6. The van der Waals surface area contributed by atoms with Gasteiger partial charge in [0.2, 0.25) is 5.60 Å². The maximum Gasteiger partial charge on any atom is 0.449 e. The number of cyclic esters (lactones) is 1. The molecule has 4 N–H and O–H groups in total. The van der Waals surface area contributed by atoms with Gasteiger partial charge in [0.05, 0.1) is 51.5 Å². The Hall–Kier alpha value is -3.45. The van der Waals surface area contributed by atoms with Crippen LogP contribution in [0.3, 0.4) is 0 Å². The summed E-state index contributed by atoms with van der Waals surface area (Å²) in [5.74, 6) is -11.1. The van der Waals surface area contributed by atoms with Gasteiger partial charge in [0.1, 0.15) is 30.0 Å². The highest BCUT2D eigenvalue weighted by Gasteiger charge is 2.83. The molecule has 16 nitrogen and oxygen atoms in total. The smallest absolute Gasteiger partial charge is 0.449 e. The van der Waals surface area contributed by atoms with Crippen LogP contribution in [0.25, 0.3) is 0 Å². The molecule has 4 bridgehead atoms. The van der Waals surface area contributed by atoms with Crippen molar-refractivity contribution in [3.05, 3.63) is 0 Å². The summed E-state index contributed by atoms with van der Waals surface area (Å²) in [5.41, 5.74) is -14.1. The van der Waals surface area contributed by atoms with Gasteiger partial charge in [-0.3, -0.25) is 24.0 Å². The summed E-state index contributed by atoms with van der Waals surface area (Å²) in [5, 5.41) is 41.4. The fourth-order valence-corrected chi connectivity index (χ4v) is 12.5. The number of rotatable bonds is 18. The van der Waals surface area contributed by atoms with E-state index in [1.165, 1.54) is 27.7 Å². The fourth-order valence-electron chi connectivity index (χ4n) is 12.5. The Morgan fingerprint density at radius 1 is 0.573 bits per heavy atom. The second-order valence-corrected chi connectivity index (χ2v) is 31.4. The molecule has 2 aliphatic heterocycles. The van der Waals surface area contributed by atoms with Gasteiger partial charge in [0.15, 0.2) is 5.60 Å². The van der Waals surface area contributed by atoms with Gasteiger partial charge in [0.25, 0.3) is 0 Å². The molecule has 7 fully saturated rings. The predicted molar refractivity (Wildman–Crippen MR) is 313 cm³/mol. The largest absolute Gasteiger partial charge is 0.462 e. The van der Waals surface area contributed by atoms with E-state index in [0.717, 1.165) is 39.0 Å². The van der Waals surface area contributed by atoms with Gasteiger partial charge in [-0.1, -0.05) is 27.7 Å². The van der Waals surface area contributed by atoms with E-state index in [2.05, 4.69) is 9.47 Å². The lowest BCUT2D eigenvalue weighted by Crippen LogP contribution is -2.70. The first-order valence-electron chi connectivity index (χ1n) is 31.4. The molecule has 2 saturated heterocycles. The summed E-state index contributed by atoms with van der Waals surface area (Å²) < 4.78 is 142. The number of esters is 5. The van der Waals surface area contributed by atoms with Crippen molar-refractivity contribution in [1.82, 2.24) is 0 Å². The summed E-state index contributed by atoms with van der Waals surface area (Å²) in [6, 6.07) is 0. The molecule has 6 atom stereocenters. The van der Waals surface area contributed by atoms with Gasteiger partial charge in [-0.15, -0.1) is 0 Å². The second-order valence-electron chi connectivity index (χ2n) is 31.4. The van der Waals surface area contributed by atoms with E-state index in [0.29, 0.717) is 64.2 Å². The highest BCUT2D eigenvalue weighted by molar-refractivity contribution is 5.78. The molecule has 2 heterocycles. The molecule has 7 aliphatic rings. The minimum Gasteiger partial charge on any atom is -0.462 e. The van der Waals surface area contributed by atoms with Gasteiger partial charge in [0, 0.05) is 10.8 Å². The summed E-state index contributed by atoms with van der Waals surface area (Å²) in [6.45, 7) is 35.4. The first kappa shape index (κ1) is 79.8. The minimum absolute atomic E-state index is 0.00458. The number of hydrogen-bond donors (Lipinski definition) is 4. The van der Waals surface area contributed by atoms with Crippen molar-refractivity contribution >= 4 is 29.8 Å². The average molecular weight is 1300 g/mol. The van der Waals surface area contributed by atoms with E-state index in [9.17, 15) is 79.5 Å². The number of halogens is 8. The summed E-state index contributed by atoms with van der Waals surface area (Å²) in [4.78, 5) is 59.3. The van der Waals surface area contributed by atoms with Crippen molar-refractivity contribution in [2.75, 3.05) is 13.2 Å². The molecule has 0 spiro atoms. The van der Waals surface area contributed by atoms with Crippen LogP contribution in [0.1, 0.15) is 249 Å². The quantitative estimate of drug-likeness (QED) is 0.0568. The highest BCUT2D eigenvalue weighted by Crippen LogP contribution is 2.73. The van der Waals surface area contributed by atoms with E-state index in [1.54, 1.807) is 20.8 Å². The van der Waals surface area contributed by atoms with Crippen LogP contribution in [0.2, 0.25) is 0 Å². The van der Waals surface area contributed by atoms with Crippen LogP contribution in [-0.4, -0.2) is 139 Å². The molecule has 7 rings (SSSR count). The SMILES string of the molecule is CCC(C)(C)C(=O)OC1(C)COC(O)(C(F)(F)F)C1(F)F.CCC(C)(C)C(=O)OC12CC3CC(C(C)(C)O)(C1)CC(C(C)(C)O)(C3)C2.CCC(C)(C)C(=O)OC1CCC(C(C)(C)OC(C)(C)C(C)(O)C(F)(F)F)CC1.CCC(C)(C)C(=O)OC1COC(=O)C1. The van der Waals surface area contributed by atoms with Crippen LogP contribution < -0.4 is 0 Å². The monoisotopic (exact) mass is 1300 g/mol. The lowest BCUT2D eigenvalue weighted by atomic mass is 9.37. The third kappa shape index (κ3) is 16.9. The lowest BCUT2D eigenvalue weighted by molar-refractivity contribution is -0.409. The number of hydrogen-bond acceptors (Lipinski definition) is 16. The van der Waals surface area contributed by atoms with Gasteiger partial charge in [-0.05, 0) is 226 Å². The number of aliphatic hydroxyl groups is 4. The molecule has 89 heavy (non-hydrogen) atoms. The van der Waals surface area contributed by atoms with Crippen molar-refractivity contribution in [2.24, 2.45) is 44.3 Å². The Morgan fingerprint density at radius 3 is 1.31 bits per heavy atom. The Bertz CT molecular complexity index is 2450. The zero-order chi connectivity index (χ0) is 69.7. The number of carbonyl (C=O) groups is 5. The Balaban J connectivity index is 0.000000318. The van der Waals surface area contributed by atoms with E-state index in [4.69, 9.17) is 23.7 Å². The van der Waals surface area contributed by atoms with Crippen molar-refractivity contribution in [3.63, 3.8) is 0 Å². The molecule has 0 aromatic rings. The topological polar surface area (TPSA) is 231 Å². The summed E-state index contributed by atoms with van der Waals surface area (Å²) in [6.07, 6.45) is -0.840. The van der Waals surface area contributed by atoms with E-state index in [-0.39, 0.29) is 72.3 Å². The molecule has 5 aliphatic carbocycles. The van der Waals surface area contributed by atoms with Crippen LogP contribution in [0, 0.1) is 44.3 Å². The number of carbonyl (C=O) groups excluding carboxylic acids is 5. The van der Waals surface area contributed by atoms with Crippen molar-refractivity contribution < 1.29 is 113 Å². The molecule has 5 saturated carbocycles. The molecule has 520 valence electrons. The maximum atomic E-state index is 14.0. The zero-order valence-corrected chi connectivity index (χ0v) is 57.0. The van der Waals surface area contributed by atoms with Crippen LogP contribution in [-0.2, 0) is 57.1 Å². The third-order valence-corrected chi connectivity index (χ3v) is 21.3. The molecule has 6 unspecified atom stereocenters. The van der Waals surface area contributed by atoms with E-state index in [1.807, 2.05) is 90.0 Å².